The highest BCUT2D eigenvalue weighted by Crippen LogP contribution is 2.21. The van der Waals surface area contributed by atoms with Crippen molar-refractivity contribution >= 4 is 5.97 Å². The van der Waals surface area contributed by atoms with Gasteiger partial charge in [0.2, 0.25) is 6.29 Å². The number of aliphatic hydroxyl groups excluding tert-OH is 2. The predicted octanol–water partition coefficient (Wildman–Crippen LogP) is 3.25. The quantitative estimate of drug-likeness (QED) is 0.348. The molecule has 0 aromatic rings. The second kappa shape index (κ2) is 11.1. The molecule has 20 heavy (non-hydrogen) atoms. The van der Waals surface area contributed by atoms with Gasteiger partial charge in [-0.15, -0.1) is 0 Å². The molecule has 3 atom stereocenters. The van der Waals surface area contributed by atoms with Crippen molar-refractivity contribution < 1.29 is 19.7 Å². The SMILES string of the molecule is CCCCCCCC(CC(C)C)C(=O)OC(O)C(C)O. The highest BCUT2D eigenvalue weighted by atomic mass is 16.6. The third kappa shape index (κ3) is 9.32. The maximum atomic E-state index is 12.0. The third-order valence-corrected chi connectivity index (χ3v) is 3.39. The molecule has 0 aliphatic carbocycles. The lowest BCUT2D eigenvalue weighted by Gasteiger charge is -2.21. The third-order valence-electron chi connectivity index (χ3n) is 3.39. The molecule has 0 radical (unpaired) electrons. The first kappa shape index (κ1) is 19.4. The van der Waals surface area contributed by atoms with Gasteiger partial charge in [0.1, 0.15) is 6.10 Å². The van der Waals surface area contributed by atoms with Crippen molar-refractivity contribution in [2.24, 2.45) is 11.8 Å². The van der Waals surface area contributed by atoms with Gasteiger partial charge in [-0.2, -0.15) is 0 Å². The van der Waals surface area contributed by atoms with Crippen molar-refractivity contribution in [3.63, 3.8) is 0 Å². The summed E-state index contributed by atoms with van der Waals surface area (Å²) in [6.07, 6.45) is 4.88. The van der Waals surface area contributed by atoms with Crippen LogP contribution in [-0.2, 0) is 9.53 Å². The number of ether oxygens (including phenoxy) is 1. The fraction of sp³-hybridized carbons (Fsp3) is 0.938. The van der Waals surface area contributed by atoms with Gasteiger partial charge in [-0.3, -0.25) is 4.79 Å². The standard InChI is InChI=1S/C16H32O4/c1-5-6-7-8-9-10-14(11-12(2)3)16(19)20-15(18)13(4)17/h12-15,17-18H,5-11H2,1-4H3. The predicted molar refractivity (Wildman–Crippen MR) is 80.1 cm³/mol. The Morgan fingerprint density at radius 1 is 1.05 bits per heavy atom. The molecule has 0 rings (SSSR count). The first-order chi connectivity index (χ1) is 9.38. The molecule has 0 heterocycles. The van der Waals surface area contributed by atoms with Crippen LogP contribution in [0.2, 0.25) is 0 Å². The Kier molecular flexibility index (Phi) is 10.8. The van der Waals surface area contributed by atoms with Gasteiger partial charge in [0.15, 0.2) is 0 Å². The summed E-state index contributed by atoms with van der Waals surface area (Å²) < 4.78 is 4.92. The number of aliphatic hydroxyl groups is 2. The highest BCUT2D eigenvalue weighted by molar-refractivity contribution is 5.72. The van der Waals surface area contributed by atoms with Crippen molar-refractivity contribution in [1.29, 1.82) is 0 Å². The average Bonchev–Trinajstić information content (AvgIpc) is 2.36. The number of hydrogen-bond acceptors (Lipinski definition) is 4. The summed E-state index contributed by atoms with van der Waals surface area (Å²) in [4.78, 5) is 12.0. The smallest absolute Gasteiger partial charge is 0.311 e. The van der Waals surface area contributed by atoms with Gasteiger partial charge in [-0.05, 0) is 25.7 Å². The number of rotatable bonds is 11. The van der Waals surface area contributed by atoms with Gasteiger partial charge in [0, 0.05) is 0 Å². The molecule has 2 N–H and O–H groups in total. The molecule has 0 aliphatic heterocycles. The monoisotopic (exact) mass is 288 g/mol. The largest absolute Gasteiger partial charge is 0.433 e. The minimum absolute atomic E-state index is 0.176. The topological polar surface area (TPSA) is 66.8 Å². The number of esters is 1. The Balaban J connectivity index is 4.21. The Labute approximate surface area is 123 Å². The van der Waals surface area contributed by atoms with Crippen LogP contribution < -0.4 is 0 Å². The number of carbonyl (C=O) groups is 1. The van der Waals surface area contributed by atoms with Crippen LogP contribution in [0.3, 0.4) is 0 Å². The van der Waals surface area contributed by atoms with Crippen LogP contribution >= 0.6 is 0 Å². The average molecular weight is 288 g/mol. The van der Waals surface area contributed by atoms with Crippen LogP contribution in [0, 0.1) is 11.8 Å². The van der Waals surface area contributed by atoms with Crippen molar-refractivity contribution in [3.05, 3.63) is 0 Å². The van der Waals surface area contributed by atoms with Crippen molar-refractivity contribution in [3.8, 4) is 0 Å². The fourth-order valence-electron chi connectivity index (χ4n) is 2.21. The Morgan fingerprint density at radius 3 is 2.15 bits per heavy atom. The van der Waals surface area contributed by atoms with E-state index in [1.165, 1.54) is 26.2 Å². The lowest BCUT2D eigenvalue weighted by Crippen LogP contribution is -2.32. The van der Waals surface area contributed by atoms with E-state index in [0.29, 0.717) is 5.92 Å². The van der Waals surface area contributed by atoms with Crippen LogP contribution in [0.1, 0.15) is 72.6 Å². The van der Waals surface area contributed by atoms with Gasteiger partial charge in [-0.25, -0.2) is 0 Å². The summed E-state index contributed by atoms with van der Waals surface area (Å²) in [5.41, 5.74) is 0. The van der Waals surface area contributed by atoms with Crippen molar-refractivity contribution in [1.82, 2.24) is 0 Å². The molecule has 0 aromatic heterocycles. The van der Waals surface area contributed by atoms with Crippen LogP contribution in [0.4, 0.5) is 0 Å². The molecule has 3 unspecified atom stereocenters. The summed E-state index contributed by atoms with van der Waals surface area (Å²) in [5, 5.41) is 18.6. The Bertz CT molecular complexity index is 251. The number of hydrogen-bond donors (Lipinski definition) is 2. The minimum Gasteiger partial charge on any atom is -0.433 e. The summed E-state index contributed by atoms with van der Waals surface area (Å²) in [7, 11) is 0. The Hall–Kier alpha value is -0.610. The maximum Gasteiger partial charge on any atom is 0.311 e. The van der Waals surface area contributed by atoms with Crippen molar-refractivity contribution in [2.75, 3.05) is 0 Å². The summed E-state index contributed by atoms with van der Waals surface area (Å²) >= 11 is 0. The molecule has 0 aromatic carbocycles. The highest BCUT2D eigenvalue weighted by Gasteiger charge is 2.25. The fourth-order valence-corrected chi connectivity index (χ4v) is 2.21. The molecule has 0 bridgehead atoms. The normalized spacial score (nSPS) is 15.9. The number of carbonyl (C=O) groups excluding carboxylic acids is 1. The molecule has 0 fully saturated rings. The van der Waals surface area contributed by atoms with Crippen LogP contribution in [0.15, 0.2) is 0 Å². The summed E-state index contributed by atoms with van der Waals surface area (Å²) in [6.45, 7) is 7.72. The number of unbranched alkanes of at least 4 members (excludes halogenated alkanes) is 4. The minimum atomic E-state index is -1.42. The molecular formula is C16H32O4. The molecule has 0 saturated carbocycles. The lowest BCUT2D eigenvalue weighted by atomic mass is 9.92. The molecule has 0 amide bonds. The van der Waals surface area contributed by atoms with E-state index in [2.05, 4.69) is 20.8 Å². The van der Waals surface area contributed by atoms with E-state index < -0.39 is 12.4 Å². The van der Waals surface area contributed by atoms with Crippen LogP contribution in [0.25, 0.3) is 0 Å². The van der Waals surface area contributed by atoms with Crippen LogP contribution in [-0.4, -0.2) is 28.6 Å². The van der Waals surface area contributed by atoms with Gasteiger partial charge in [0.25, 0.3) is 0 Å². The summed E-state index contributed by atoms with van der Waals surface area (Å²) in [6, 6.07) is 0. The van der Waals surface area contributed by atoms with E-state index in [1.807, 2.05) is 0 Å². The van der Waals surface area contributed by atoms with Gasteiger partial charge in [-0.1, -0.05) is 52.9 Å². The van der Waals surface area contributed by atoms with Crippen LogP contribution in [0.5, 0.6) is 0 Å². The molecule has 0 saturated heterocycles. The molecule has 0 aliphatic rings. The van der Waals surface area contributed by atoms with E-state index in [1.54, 1.807) is 0 Å². The van der Waals surface area contributed by atoms with E-state index in [0.717, 1.165) is 25.7 Å². The molecular weight excluding hydrogens is 256 g/mol. The molecule has 120 valence electrons. The van der Waals surface area contributed by atoms with E-state index >= 15 is 0 Å². The van der Waals surface area contributed by atoms with Gasteiger partial charge >= 0.3 is 5.97 Å². The second-order valence-corrected chi connectivity index (χ2v) is 6.10. The van der Waals surface area contributed by atoms with E-state index in [4.69, 9.17) is 4.74 Å². The van der Waals surface area contributed by atoms with Crippen molar-refractivity contribution in [2.45, 2.75) is 85.0 Å². The lowest BCUT2D eigenvalue weighted by molar-refractivity contribution is -0.189. The van der Waals surface area contributed by atoms with Gasteiger partial charge in [0.05, 0.1) is 5.92 Å². The first-order valence-electron chi connectivity index (χ1n) is 7.95. The zero-order valence-corrected chi connectivity index (χ0v) is 13.5. The zero-order valence-electron chi connectivity index (χ0n) is 13.5. The Morgan fingerprint density at radius 2 is 1.65 bits per heavy atom. The van der Waals surface area contributed by atoms with E-state index in [9.17, 15) is 15.0 Å². The molecule has 0 spiro atoms. The molecule has 4 nitrogen and oxygen atoms in total. The summed E-state index contributed by atoms with van der Waals surface area (Å²) in [5.74, 6) is -0.153. The van der Waals surface area contributed by atoms with Gasteiger partial charge < -0.3 is 14.9 Å². The first-order valence-corrected chi connectivity index (χ1v) is 7.95. The zero-order chi connectivity index (χ0) is 15.5. The van der Waals surface area contributed by atoms with E-state index in [-0.39, 0.29) is 11.9 Å². The molecule has 4 heteroatoms. The second-order valence-electron chi connectivity index (χ2n) is 6.10. The maximum absolute atomic E-state index is 12.0.